The topological polar surface area (TPSA) is 65.9 Å². The maximum Gasteiger partial charge on any atom is 0.360 e. The van der Waals surface area contributed by atoms with Gasteiger partial charge in [-0.2, -0.15) is 0 Å². The number of unbranched alkanes of at least 4 members (excludes halogenated alkanes) is 1. The van der Waals surface area contributed by atoms with Crippen LogP contribution in [0, 0.1) is 0 Å². The van der Waals surface area contributed by atoms with Crippen LogP contribution in [0.5, 0.6) is 5.75 Å². The number of rotatable bonds is 7. The lowest BCUT2D eigenvalue weighted by molar-refractivity contribution is 0.0590. The van der Waals surface area contributed by atoms with E-state index >= 15 is 0 Å². The molecule has 0 radical (unpaired) electrons. The lowest BCUT2D eigenvalue weighted by Gasteiger charge is -2.33. The SMILES string of the molecule is CCN1CCN(CCCCc2ccc(O)c(C(=O)OC)n2)CC1. The van der Waals surface area contributed by atoms with Crippen LogP contribution in [-0.2, 0) is 11.2 Å². The number of carbonyl (C=O) groups is 1. The van der Waals surface area contributed by atoms with Crippen LogP contribution >= 0.6 is 0 Å². The fourth-order valence-electron chi connectivity index (χ4n) is 2.85. The number of esters is 1. The highest BCUT2D eigenvalue weighted by Gasteiger charge is 2.16. The number of ether oxygens (including phenoxy) is 1. The standard InChI is InChI=1S/C17H27N3O3/c1-3-19-10-12-20(13-11-19)9-5-4-6-14-7-8-15(21)16(18-14)17(22)23-2/h7-8,21H,3-6,9-13H2,1-2H3. The summed E-state index contributed by atoms with van der Waals surface area (Å²) in [4.78, 5) is 20.7. The largest absolute Gasteiger partial charge is 0.505 e. The molecule has 0 unspecified atom stereocenters. The average Bonchev–Trinajstić information content (AvgIpc) is 2.59. The molecule has 0 atom stereocenters. The molecular formula is C17H27N3O3. The van der Waals surface area contributed by atoms with Crippen molar-refractivity contribution < 1.29 is 14.6 Å². The van der Waals surface area contributed by atoms with Gasteiger partial charge >= 0.3 is 5.97 Å². The van der Waals surface area contributed by atoms with Gasteiger partial charge in [-0.25, -0.2) is 9.78 Å². The van der Waals surface area contributed by atoms with E-state index in [2.05, 4.69) is 26.4 Å². The predicted molar refractivity (Wildman–Crippen MR) is 88.7 cm³/mol. The maximum absolute atomic E-state index is 11.5. The molecule has 128 valence electrons. The molecule has 23 heavy (non-hydrogen) atoms. The number of piperazine rings is 1. The van der Waals surface area contributed by atoms with Gasteiger partial charge < -0.3 is 19.6 Å². The van der Waals surface area contributed by atoms with E-state index < -0.39 is 5.97 Å². The normalized spacial score (nSPS) is 16.4. The third-order valence-electron chi connectivity index (χ3n) is 4.38. The van der Waals surface area contributed by atoms with Gasteiger partial charge in [0.1, 0.15) is 5.75 Å². The Kier molecular flexibility index (Phi) is 6.80. The van der Waals surface area contributed by atoms with Gasteiger partial charge in [-0.05, 0) is 44.5 Å². The van der Waals surface area contributed by atoms with Crippen molar-refractivity contribution in [1.82, 2.24) is 14.8 Å². The average molecular weight is 321 g/mol. The number of aromatic hydroxyl groups is 1. The number of hydrogen-bond donors (Lipinski definition) is 1. The van der Waals surface area contributed by atoms with Gasteiger partial charge in [-0.1, -0.05) is 6.92 Å². The molecule has 1 aromatic heterocycles. The monoisotopic (exact) mass is 321 g/mol. The first-order valence-electron chi connectivity index (χ1n) is 8.36. The van der Waals surface area contributed by atoms with E-state index in [1.807, 2.05) is 0 Å². The number of methoxy groups -OCH3 is 1. The van der Waals surface area contributed by atoms with Crippen LogP contribution in [0.1, 0.15) is 35.9 Å². The molecule has 1 N–H and O–H groups in total. The summed E-state index contributed by atoms with van der Waals surface area (Å²) in [5.74, 6) is -0.729. The summed E-state index contributed by atoms with van der Waals surface area (Å²) in [6.07, 6.45) is 2.94. The van der Waals surface area contributed by atoms with Gasteiger partial charge in [-0.15, -0.1) is 0 Å². The van der Waals surface area contributed by atoms with Gasteiger partial charge in [0.25, 0.3) is 0 Å². The van der Waals surface area contributed by atoms with Crippen molar-refractivity contribution in [3.05, 3.63) is 23.5 Å². The minimum Gasteiger partial charge on any atom is -0.505 e. The molecule has 1 saturated heterocycles. The summed E-state index contributed by atoms with van der Waals surface area (Å²) in [5, 5.41) is 9.65. The number of likely N-dealkylation sites (N-methyl/N-ethyl adjacent to an activating group) is 1. The number of carbonyl (C=O) groups excluding carboxylic acids is 1. The zero-order valence-corrected chi connectivity index (χ0v) is 14.1. The number of aryl methyl sites for hydroxylation is 1. The summed E-state index contributed by atoms with van der Waals surface area (Å²) in [7, 11) is 1.29. The predicted octanol–water partition coefficient (Wildman–Crippen LogP) is 1.53. The Morgan fingerprint density at radius 1 is 1.22 bits per heavy atom. The van der Waals surface area contributed by atoms with Crippen molar-refractivity contribution in [2.75, 3.05) is 46.4 Å². The molecule has 6 heteroatoms. The van der Waals surface area contributed by atoms with Crippen LogP contribution in [0.25, 0.3) is 0 Å². The zero-order chi connectivity index (χ0) is 16.7. The van der Waals surface area contributed by atoms with Crippen molar-refractivity contribution >= 4 is 5.97 Å². The molecule has 0 saturated carbocycles. The minimum absolute atomic E-state index is 0.000637. The molecule has 1 fully saturated rings. The van der Waals surface area contributed by atoms with Crippen molar-refractivity contribution in [2.45, 2.75) is 26.2 Å². The Bertz CT molecular complexity index is 514. The molecular weight excluding hydrogens is 294 g/mol. The van der Waals surface area contributed by atoms with Crippen molar-refractivity contribution in [1.29, 1.82) is 0 Å². The first-order chi connectivity index (χ1) is 11.1. The molecule has 1 aromatic rings. The summed E-state index contributed by atoms with van der Waals surface area (Å²) >= 11 is 0. The zero-order valence-electron chi connectivity index (χ0n) is 14.1. The van der Waals surface area contributed by atoms with Gasteiger partial charge in [-0.3, -0.25) is 0 Å². The number of nitrogens with zero attached hydrogens (tertiary/aromatic N) is 3. The molecule has 1 aliphatic rings. The van der Waals surface area contributed by atoms with Crippen LogP contribution < -0.4 is 0 Å². The Labute approximate surface area is 138 Å². The van der Waals surface area contributed by atoms with E-state index in [0.717, 1.165) is 51.1 Å². The highest BCUT2D eigenvalue weighted by Crippen LogP contribution is 2.17. The fourth-order valence-corrected chi connectivity index (χ4v) is 2.85. The number of aromatic nitrogens is 1. The first-order valence-corrected chi connectivity index (χ1v) is 8.36. The fraction of sp³-hybridized carbons (Fsp3) is 0.647. The quantitative estimate of drug-likeness (QED) is 0.607. The minimum atomic E-state index is -0.599. The molecule has 0 bridgehead atoms. The lowest BCUT2D eigenvalue weighted by atomic mass is 10.1. The van der Waals surface area contributed by atoms with Gasteiger partial charge in [0.2, 0.25) is 0 Å². The molecule has 2 rings (SSSR count). The van der Waals surface area contributed by atoms with E-state index in [-0.39, 0.29) is 11.4 Å². The second-order valence-electron chi connectivity index (χ2n) is 5.89. The molecule has 0 aliphatic carbocycles. The van der Waals surface area contributed by atoms with Crippen molar-refractivity contribution in [3.8, 4) is 5.75 Å². The highest BCUT2D eigenvalue weighted by atomic mass is 16.5. The highest BCUT2D eigenvalue weighted by molar-refractivity contribution is 5.90. The van der Waals surface area contributed by atoms with E-state index in [0.29, 0.717) is 0 Å². The molecule has 2 heterocycles. The van der Waals surface area contributed by atoms with E-state index in [1.54, 1.807) is 6.07 Å². The summed E-state index contributed by atoms with van der Waals surface area (Å²) in [6, 6.07) is 3.28. The van der Waals surface area contributed by atoms with Crippen LogP contribution in [0.15, 0.2) is 12.1 Å². The summed E-state index contributed by atoms with van der Waals surface area (Å²) in [5.41, 5.74) is 0.819. The summed E-state index contributed by atoms with van der Waals surface area (Å²) in [6.45, 7) is 9.10. The van der Waals surface area contributed by atoms with Crippen LogP contribution in [0.3, 0.4) is 0 Å². The molecule has 6 nitrogen and oxygen atoms in total. The molecule has 0 spiro atoms. The Morgan fingerprint density at radius 2 is 1.91 bits per heavy atom. The van der Waals surface area contributed by atoms with E-state index in [9.17, 15) is 9.90 Å². The second-order valence-corrected chi connectivity index (χ2v) is 5.89. The Hall–Kier alpha value is -1.66. The first kappa shape index (κ1) is 17.7. The molecule has 0 aromatic carbocycles. The lowest BCUT2D eigenvalue weighted by Crippen LogP contribution is -2.46. The van der Waals surface area contributed by atoms with Gasteiger partial charge in [0, 0.05) is 31.9 Å². The van der Waals surface area contributed by atoms with Crippen LogP contribution in [-0.4, -0.2) is 72.2 Å². The number of pyridine rings is 1. The molecule has 0 amide bonds. The van der Waals surface area contributed by atoms with Gasteiger partial charge in [0.05, 0.1) is 7.11 Å². The maximum atomic E-state index is 11.5. The smallest absolute Gasteiger partial charge is 0.360 e. The Morgan fingerprint density at radius 3 is 2.57 bits per heavy atom. The third-order valence-corrected chi connectivity index (χ3v) is 4.38. The van der Waals surface area contributed by atoms with E-state index in [1.165, 1.54) is 26.3 Å². The van der Waals surface area contributed by atoms with Gasteiger partial charge in [0.15, 0.2) is 5.69 Å². The summed E-state index contributed by atoms with van der Waals surface area (Å²) < 4.78 is 4.62. The van der Waals surface area contributed by atoms with Crippen LogP contribution in [0.4, 0.5) is 0 Å². The third kappa shape index (κ3) is 5.18. The van der Waals surface area contributed by atoms with E-state index in [4.69, 9.17) is 0 Å². The molecule has 1 aliphatic heterocycles. The van der Waals surface area contributed by atoms with Crippen molar-refractivity contribution in [2.24, 2.45) is 0 Å². The van der Waals surface area contributed by atoms with Crippen LogP contribution in [0.2, 0.25) is 0 Å². The van der Waals surface area contributed by atoms with Crippen molar-refractivity contribution in [3.63, 3.8) is 0 Å². The Balaban J connectivity index is 1.73. The second kappa shape index (κ2) is 8.84. The number of hydrogen-bond acceptors (Lipinski definition) is 6.